The minimum Gasteiger partial charge on any atom is -0.507 e. The van der Waals surface area contributed by atoms with Crippen molar-refractivity contribution in [2.24, 2.45) is 5.92 Å². The van der Waals surface area contributed by atoms with E-state index < -0.39 is 6.04 Å². The second kappa shape index (κ2) is 10.3. The average Bonchev–Trinajstić information content (AvgIpc) is 3.41. The van der Waals surface area contributed by atoms with E-state index >= 15 is 0 Å². The molecule has 0 saturated heterocycles. The molecule has 37 heavy (non-hydrogen) atoms. The van der Waals surface area contributed by atoms with E-state index in [1.54, 1.807) is 12.1 Å². The van der Waals surface area contributed by atoms with Crippen molar-refractivity contribution in [2.75, 3.05) is 6.61 Å². The molecule has 7 heteroatoms. The molecule has 4 aromatic rings. The van der Waals surface area contributed by atoms with Gasteiger partial charge in [0.1, 0.15) is 22.9 Å². The molecular weight excluding hydrogens is 486 g/mol. The second-order valence-corrected chi connectivity index (χ2v) is 10.4. The number of amides is 1. The standard InChI is InChI=1S/C30H30ClN3O3/c1-18(2)13-14-37-23-6-4-5-21(15-23)29-26-27(24-16-22(31)11-12-25(24)35)32-33-28(26)30(36)34(29)17-20-9-7-19(3)8-10-20/h4-12,15-16,18,29,35H,13-14,17H2,1-3H3,(H,32,33). The van der Waals surface area contributed by atoms with Crippen LogP contribution in [0.25, 0.3) is 11.3 Å². The molecule has 1 amide bonds. The number of aromatic amines is 1. The van der Waals surface area contributed by atoms with Gasteiger partial charge in [0.25, 0.3) is 5.91 Å². The van der Waals surface area contributed by atoms with Crippen LogP contribution in [0.2, 0.25) is 5.02 Å². The third-order valence-corrected chi connectivity index (χ3v) is 6.92. The number of nitrogens with zero attached hydrogens (tertiary/aromatic N) is 2. The fraction of sp³-hybridized carbons (Fsp3) is 0.267. The van der Waals surface area contributed by atoms with Gasteiger partial charge in [0.05, 0.1) is 12.6 Å². The van der Waals surface area contributed by atoms with Crippen molar-refractivity contribution in [3.05, 3.63) is 99.7 Å². The van der Waals surface area contributed by atoms with Gasteiger partial charge in [-0.3, -0.25) is 9.89 Å². The smallest absolute Gasteiger partial charge is 0.273 e. The number of benzene rings is 3. The molecule has 0 fully saturated rings. The number of carbonyl (C=O) groups excluding carboxylic acids is 1. The van der Waals surface area contributed by atoms with Crippen molar-refractivity contribution >= 4 is 17.5 Å². The fourth-order valence-corrected chi connectivity index (χ4v) is 4.86. The SMILES string of the molecule is Cc1ccc(CN2C(=O)c3[nH]nc(-c4cc(Cl)ccc4O)c3C2c2cccc(OCCC(C)C)c2)cc1. The summed E-state index contributed by atoms with van der Waals surface area (Å²) in [5, 5.41) is 18.5. The summed E-state index contributed by atoms with van der Waals surface area (Å²) in [6, 6.07) is 20.5. The molecule has 0 saturated carbocycles. The van der Waals surface area contributed by atoms with E-state index in [1.165, 1.54) is 6.07 Å². The Balaban J connectivity index is 1.59. The van der Waals surface area contributed by atoms with Crippen LogP contribution in [0.1, 0.15) is 59.1 Å². The third kappa shape index (κ3) is 5.07. The Kier molecular flexibility index (Phi) is 6.94. The van der Waals surface area contributed by atoms with Gasteiger partial charge in [-0.25, -0.2) is 0 Å². The van der Waals surface area contributed by atoms with Gasteiger partial charge < -0.3 is 14.7 Å². The number of carbonyl (C=O) groups is 1. The first-order chi connectivity index (χ1) is 17.8. The molecule has 1 aromatic heterocycles. The number of rotatable bonds is 8. The molecule has 5 rings (SSSR count). The van der Waals surface area contributed by atoms with Gasteiger partial charge in [0.2, 0.25) is 0 Å². The Labute approximate surface area is 221 Å². The zero-order valence-corrected chi connectivity index (χ0v) is 21.9. The lowest BCUT2D eigenvalue weighted by atomic mass is 9.95. The monoisotopic (exact) mass is 515 g/mol. The molecule has 190 valence electrons. The summed E-state index contributed by atoms with van der Waals surface area (Å²) < 4.78 is 6.05. The van der Waals surface area contributed by atoms with Crippen LogP contribution in [-0.4, -0.2) is 32.7 Å². The van der Waals surface area contributed by atoms with Gasteiger partial charge >= 0.3 is 0 Å². The molecule has 2 N–H and O–H groups in total. The van der Waals surface area contributed by atoms with Gasteiger partial charge in [-0.05, 0) is 60.7 Å². The van der Waals surface area contributed by atoms with Crippen molar-refractivity contribution in [1.29, 1.82) is 0 Å². The van der Waals surface area contributed by atoms with Crippen molar-refractivity contribution < 1.29 is 14.6 Å². The maximum absolute atomic E-state index is 13.7. The van der Waals surface area contributed by atoms with Crippen molar-refractivity contribution in [3.8, 4) is 22.8 Å². The Morgan fingerprint density at radius 1 is 1.11 bits per heavy atom. The first kappa shape index (κ1) is 24.9. The third-order valence-electron chi connectivity index (χ3n) is 6.69. The lowest BCUT2D eigenvalue weighted by molar-refractivity contribution is 0.0729. The number of hydrogen-bond acceptors (Lipinski definition) is 4. The highest BCUT2D eigenvalue weighted by Crippen LogP contribution is 2.46. The Morgan fingerprint density at radius 2 is 1.89 bits per heavy atom. The molecule has 1 aliphatic heterocycles. The summed E-state index contributed by atoms with van der Waals surface area (Å²) in [7, 11) is 0. The van der Waals surface area contributed by atoms with Crippen LogP contribution in [-0.2, 0) is 6.54 Å². The number of aryl methyl sites for hydroxylation is 1. The van der Waals surface area contributed by atoms with E-state index in [1.807, 2.05) is 60.4 Å². The predicted octanol–water partition coefficient (Wildman–Crippen LogP) is 6.91. The number of halogens is 1. The van der Waals surface area contributed by atoms with E-state index in [0.717, 1.165) is 28.9 Å². The lowest BCUT2D eigenvalue weighted by Gasteiger charge is -2.27. The zero-order valence-electron chi connectivity index (χ0n) is 21.2. The number of hydrogen-bond donors (Lipinski definition) is 2. The Hall–Kier alpha value is -3.77. The van der Waals surface area contributed by atoms with Crippen LogP contribution in [0.4, 0.5) is 0 Å². The highest BCUT2D eigenvalue weighted by molar-refractivity contribution is 6.31. The number of phenols is 1. The van der Waals surface area contributed by atoms with E-state index in [4.69, 9.17) is 16.3 Å². The summed E-state index contributed by atoms with van der Waals surface area (Å²) in [5.41, 5.74) is 5.21. The van der Waals surface area contributed by atoms with E-state index in [0.29, 0.717) is 46.6 Å². The van der Waals surface area contributed by atoms with E-state index in [2.05, 4.69) is 24.0 Å². The Bertz CT molecular complexity index is 1430. The number of aromatic hydroxyl groups is 1. The number of ether oxygens (including phenoxy) is 1. The van der Waals surface area contributed by atoms with Gasteiger partial charge in [0, 0.05) is 22.7 Å². The number of fused-ring (bicyclic) bond motifs is 1. The van der Waals surface area contributed by atoms with Crippen molar-refractivity contribution in [3.63, 3.8) is 0 Å². The molecule has 1 aliphatic rings. The van der Waals surface area contributed by atoms with E-state index in [-0.39, 0.29) is 11.7 Å². The van der Waals surface area contributed by atoms with Gasteiger partial charge in [0.15, 0.2) is 0 Å². The average molecular weight is 516 g/mol. The van der Waals surface area contributed by atoms with Crippen LogP contribution >= 0.6 is 11.6 Å². The van der Waals surface area contributed by atoms with Crippen LogP contribution < -0.4 is 4.74 Å². The summed E-state index contributed by atoms with van der Waals surface area (Å²) >= 11 is 6.26. The van der Waals surface area contributed by atoms with Crippen LogP contribution in [0, 0.1) is 12.8 Å². The van der Waals surface area contributed by atoms with Gasteiger partial charge in [-0.15, -0.1) is 0 Å². The van der Waals surface area contributed by atoms with Crippen molar-refractivity contribution in [1.82, 2.24) is 15.1 Å². The highest BCUT2D eigenvalue weighted by Gasteiger charge is 2.42. The van der Waals surface area contributed by atoms with Gasteiger partial charge in [-0.2, -0.15) is 5.10 Å². The molecule has 0 bridgehead atoms. The summed E-state index contributed by atoms with van der Waals surface area (Å²) in [6.07, 6.45) is 0.954. The van der Waals surface area contributed by atoms with Crippen LogP contribution in [0.3, 0.4) is 0 Å². The number of aromatic nitrogens is 2. The molecule has 2 heterocycles. The molecule has 1 atom stereocenters. The first-order valence-corrected chi connectivity index (χ1v) is 12.9. The fourth-order valence-electron chi connectivity index (χ4n) is 4.69. The molecule has 0 radical (unpaired) electrons. The van der Waals surface area contributed by atoms with Gasteiger partial charge in [-0.1, -0.05) is 67.4 Å². The zero-order chi connectivity index (χ0) is 26.1. The molecule has 0 aliphatic carbocycles. The summed E-state index contributed by atoms with van der Waals surface area (Å²) in [6.45, 7) is 7.42. The Morgan fingerprint density at radius 3 is 2.65 bits per heavy atom. The quantitative estimate of drug-likeness (QED) is 0.267. The van der Waals surface area contributed by atoms with Crippen molar-refractivity contribution in [2.45, 2.75) is 39.8 Å². The highest BCUT2D eigenvalue weighted by atomic mass is 35.5. The molecule has 1 unspecified atom stereocenters. The van der Waals surface area contributed by atoms with Crippen LogP contribution in [0.5, 0.6) is 11.5 Å². The maximum Gasteiger partial charge on any atom is 0.273 e. The molecular formula is C30H30ClN3O3. The number of H-pyrrole nitrogens is 1. The largest absolute Gasteiger partial charge is 0.507 e. The topological polar surface area (TPSA) is 78.5 Å². The molecule has 0 spiro atoms. The summed E-state index contributed by atoms with van der Waals surface area (Å²) in [4.78, 5) is 15.6. The molecule has 6 nitrogen and oxygen atoms in total. The first-order valence-electron chi connectivity index (χ1n) is 12.5. The normalized spacial score (nSPS) is 14.9. The minimum absolute atomic E-state index is 0.0488. The van der Waals surface area contributed by atoms with Crippen LogP contribution in [0.15, 0.2) is 66.7 Å². The van der Waals surface area contributed by atoms with E-state index in [9.17, 15) is 9.90 Å². The predicted molar refractivity (Wildman–Crippen MR) is 145 cm³/mol. The second-order valence-electron chi connectivity index (χ2n) is 9.95. The summed E-state index contributed by atoms with van der Waals surface area (Å²) in [5.74, 6) is 1.20. The maximum atomic E-state index is 13.7. The molecule has 3 aromatic carbocycles. The number of phenolic OH excluding ortho intramolecular Hbond substituents is 1. The number of nitrogens with one attached hydrogen (secondary N) is 1. The lowest BCUT2D eigenvalue weighted by Crippen LogP contribution is -2.29. The minimum atomic E-state index is -0.426.